The molecule has 1 unspecified atom stereocenters. The van der Waals surface area contributed by atoms with Gasteiger partial charge in [-0.2, -0.15) is 0 Å². The van der Waals surface area contributed by atoms with Crippen LogP contribution in [0.2, 0.25) is 0 Å². The smallest absolute Gasteiger partial charge is 0.273 e. The molecule has 0 fully saturated rings. The molecule has 0 spiro atoms. The molecule has 0 amide bonds. The van der Waals surface area contributed by atoms with E-state index >= 15 is 0 Å². The van der Waals surface area contributed by atoms with Crippen molar-refractivity contribution < 1.29 is 5.11 Å². The minimum atomic E-state index is -0.503. The molecule has 1 atom stereocenters. The van der Waals surface area contributed by atoms with Gasteiger partial charge in [0.15, 0.2) is 0 Å². The largest absolute Gasteiger partial charge is 0.400 e. The number of fused-ring (bicyclic) bond motifs is 1. The van der Waals surface area contributed by atoms with Gasteiger partial charge < -0.3 is 9.67 Å². The van der Waals surface area contributed by atoms with Gasteiger partial charge in [0.1, 0.15) is 0 Å². The van der Waals surface area contributed by atoms with Gasteiger partial charge in [-0.15, -0.1) is 0 Å². The van der Waals surface area contributed by atoms with E-state index in [9.17, 15) is 5.11 Å². The zero-order valence-electron chi connectivity index (χ0n) is 5.91. The van der Waals surface area contributed by atoms with Crippen molar-refractivity contribution in [3.8, 4) is 0 Å². The fourth-order valence-corrected chi connectivity index (χ4v) is 2.05. The molecule has 1 aromatic heterocycles. The molecule has 10 heavy (non-hydrogen) atoms. The molecule has 0 aromatic carbocycles. The maximum Gasteiger partial charge on any atom is 0.273 e. The van der Waals surface area contributed by atoms with E-state index in [0.717, 1.165) is 34.9 Å². The highest BCUT2D eigenvalue weighted by molar-refractivity contribution is 6.14. The van der Waals surface area contributed by atoms with E-state index in [1.54, 1.807) is 12.5 Å². The zero-order valence-corrected chi connectivity index (χ0v) is 7.91. The second-order valence-electron chi connectivity index (χ2n) is 3.00. The highest BCUT2D eigenvalue weighted by Crippen LogP contribution is 2.27. The predicted octanol–water partition coefficient (Wildman–Crippen LogP) is -0.935. The van der Waals surface area contributed by atoms with Crippen molar-refractivity contribution in [1.82, 2.24) is 9.55 Å². The van der Waals surface area contributed by atoms with Crippen molar-refractivity contribution in [2.75, 3.05) is 0 Å². The summed E-state index contributed by atoms with van der Waals surface area (Å²) < 4.78 is 1.52. The Morgan fingerprint density at radius 1 is 1.80 bits per heavy atom. The highest BCUT2D eigenvalue weighted by atomic mass is 27.0. The Balaban J connectivity index is 2.54. The van der Waals surface area contributed by atoms with Gasteiger partial charge in [0.2, 0.25) is 0 Å². The first kappa shape index (κ1) is 6.42. The molecular weight excluding hydrogens is 143 g/mol. The highest BCUT2D eigenvalue weighted by Gasteiger charge is 2.31. The molecule has 4 heteroatoms. The third-order valence-electron chi connectivity index (χ3n) is 2.10. The van der Waals surface area contributed by atoms with Gasteiger partial charge in [-0.25, -0.2) is 4.98 Å². The molecule has 1 aliphatic heterocycles. The lowest BCUT2D eigenvalue weighted by Gasteiger charge is -2.13. The van der Waals surface area contributed by atoms with Gasteiger partial charge in [0.05, 0.1) is 12.0 Å². The predicted molar refractivity (Wildman–Crippen MR) is 39.3 cm³/mol. The Kier molecular flexibility index (Phi) is 1.19. The number of imidazole rings is 1. The summed E-state index contributed by atoms with van der Waals surface area (Å²) in [4.78, 5) is 3.96. The fourth-order valence-electron chi connectivity index (χ4n) is 1.41. The third kappa shape index (κ3) is 0.735. The summed E-state index contributed by atoms with van der Waals surface area (Å²) in [5.74, 6) is 0. The van der Waals surface area contributed by atoms with Crippen LogP contribution in [-0.2, 0) is 11.0 Å². The van der Waals surface area contributed by atoms with Gasteiger partial charge in [0.25, 0.3) is 16.3 Å². The van der Waals surface area contributed by atoms with Crippen LogP contribution >= 0.6 is 0 Å². The second kappa shape index (κ2) is 1.85. The number of aliphatic hydroxyl groups is 1. The molecule has 0 bridgehead atoms. The van der Waals surface area contributed by atoms with Crippen molar-refractivity contribution in [3.05, 3.63) is 18.2 Å². The standard InChI is InChI=1S/C6H7N2O.Al.2H/c9-6-1-2-8-4-7-3-5(6)8;;;/h3-4,9H,1-2H2;;;. The summed E-state index contributed by atoms with van der Waals surface area (Å²) in [5.41, 5.74) is 0.999. The van der Waals surface area contributed by atoms with Gasteiger partial charge in [-0.05, 0) is 6.42 Å². The van der Waals surface area contributed by atoms with E-state index < -0.39 is 4.46 Å². The molecule has 3 nitrogen and oxygen atoms in total. The van der Waals surface area contributed by atoms with Crippen LogP contribution in [0.5, 0.6) is 0 Å². The van der Waals surface area contributed by atoms with Crippen molar-refractivity contribution in [1.29, 1.82) is 0 Å². The number of aromatic nitrogens is 2. The monoisotopic (exact) mass is 152 g/mol. The van der Waals surface area contributed by atoms with E-state index in [1.165, 1.54) is 0 Å². The summed E-state index contributed by atoms with van der Waals surface area (Å²) in [6, 6.07) is 0. The number of hydrogen-bond donors (Lipinski definition) is 1. The SMILES string of the molecule is O[C]1([AlH2])CCn2cncc21. The van der Waals surface area contributed by atoms with Crippen molar-refractivity contribution in [3.63, 3.8) is 0 Å². The molecule has 1 N–H and O–H groups in total. The van der Waals surface area contributed by atoms with Crippen molar-refractivity contribution >= 4 is 16.3 Å². The van der Waals surface area contributed by atoms with E-state index in [2.05, 4.69) is 4.98 Å². The molecule has 0 aliphatic carbocycles. The van der Waals surface area contributed by atoms with Gasteiger partial charge in [-0.1, -0.05) is 0 Å². The first-order valence-electron chi connectivity index (χ1n) is 3.43. The van der Waals surface area contributed by atoms with Crippen molar-refractivity contribution in [2.45, 2.75) is 17.4 Å². The number of hydrogen-bond acceptors (Lipinski definition) is 2. The third-order valence-corrected chi connectivity index (χ3v) is 3.12. The summed E-state index contributed by atoms with van der Waals surface area (Å²) in [5, 5.41) is 9.74. The van der Waals surface area contributed by atoms with E-state index in [1.807, 2.05) is 4.57 Å². The number of nitrogens with zero attached hydrogens (tertiary/aromatic N) is 2. The first-order chi connectivity index (χ1) is 4.70. The van der Waals surface area contributed by atoms with Gasteiger partial charge in [-0.3, -0.25) is 0 Å². The van der Waals surface area contributed by atoms with E-state index in [4.69, 9.17) is 0 Å². The van der Waals surface area contributed by atoms with Crippen LogP contribution in [0.25, 0.3) is 0 Å². The van der Waals surface area contributed by atoms with Crippen LogP contribution in [0.4, 0.5) is 0 Å². The lowest BCUT2D eigenvalue weighted by molar-refractivity contribution is 0.129. The van der Waals surface area contributed by atoms with Crippen LogP contribution < -0.4 is 0 Å². The first-order valence-corrected chi connectivity index (χ1v) is 4.43. The fraction of sp³-hybridized carbons (Fsp3) is 0.500. The quantitative estimate of drug-likeness (QED) is 0.487. The summed E-state index contributed by atoms with van der Waals surface area (Å²) in [7, 11) is 0. The Morgan fingerprint density at radius 2 is 2.60 bits per heavy atom. The second-order valence-corrected chi connectivity index (χ2v) is 4.65. The molecule has 1 aliphatic rings. The minimum Gasteiger partial charge on any atom is -0.400 e. The lowest BCUT2D eigenvalue weighted by Crippen LogP contribution is -2.21. The molecule has 0 saturated carbocycles. The number of aryl methyl sites for hydroxylation is 1. The maximum atomic E-state index is 9.74. The Hall–Kier alpha value is -0.298. The van der Waals surface area contributed by atoms with Crippen molar-refractivity contribution in [2.24, 2.45) is 0 Å². The summed E-state index contributed by atoms with van der Waals surface area (Å²) >= 11 is 0.799. The average molecular weight is 152 g/mol. The molecule has 52 valence electrons. The molecule has 2 rings (SSSR count). The van der Waals surface area contributed by atoms with Crippen LogP contribution in [0, 0.1) is 0 Å². The molecule has 2 heterocycles. The summed E-state index contributed by atoms with van der Waals surface area (Å²) in [6.45, 7) is 0.926. The molecule has 0 saturated heterocycles. The normalized spacial score (nSPS) is 30.5. The molecule has 0 radical (unpaired) electrons. The van der Waals surface area contributed by atoms with Crippen LogP contribution in [0.1, 0.15) is 12.1 Å². The lowest BCUT2D eigenvalue weighted by atomic mass is 10.2. The van der Waals surface area contributed by atoms with E-state index in [-0.39, 0.29) is 0 Å². The van der Waals surface area contributed by atoms with Gasteiger partial charge >= 0.3 is 0 Å². The molecule has 1 aromatic rings. The molecular formula is C6H9AlN2O. The maximum absolute atomic E-state index is 9.74. The van der Waals surface area contributed by atoms with Crippen LogP contribution in [0.3, 0.4) is 0 Å². The minimum absolute atomic E-state index is 0.503. The van der Waals surface area contributed by atoms with Gasteiger partial charge in [0, 0.05) is 17.2 Å². The Labute approximate surface area is 67.1 Å². The Bertz CT molecular complexity index is 256. The van der Waals surface area contributed by atoms with E-state index in [0.29, 0.717) is 0 Å². The Morgan fingerprint density at radius 3 is 3.30 bits per heavy atom. The zero-order chi connectivity index (χ0) is 7.19. The number of rotatable bonds is 0. The summed E-state index contributed by atoms with van der Waals surface area (Å²) in [6.07, 6.45) is 4.42. The van der Waals surface area contributed by atoms with Crippen LogP contribution in [0.15, 0.2) is 12.5 Å². The topological polar surface area (TPSA) is 38.0 Å². The average Bonchev–Trinajstić information content (AvgIpc) is 2.36. The van der Waals surface area contributed by atoms with Crippen LogP contribution in [-0.4, -0.2) is 30.9 Å².